The van der Waals surface area contributed by atoms with E-state index in [0.29, 0.717) is 24.5 Å². The van der Waals surface area contributed by atoms with Crippen LogP contribution in [0.1, 0.15) is 55.5 Å². The van der Waals surface area contributed by atoms with Gasteiger partial charge in [0.25, 0.3) is 5.78 Å². The molecule has 2 aromatic rings. The summed E-state index contributed by atoms with van der Waals surface area (Å²) in [6.07, 6.45) is 9.25. The highest BCUT2D eigenvalue weighted by Crippen LogP contribution is 2.24. The molecule has 0 atom stereocenters. The molecule has 1 aliphatic carbocycles. The van der Waals surface area contributed by atoms with Gasteiger partial charge in [0, 0.05) is 31.4 Å². The first-order valence-electron chi connectivity index (χ1n) is 8.96. The van der Waals surface area contributed by atoms with Crippen LogP contribution in [0.25, 0.3) is 5.78 Å². The van der Waals surface area contributed by atoms with Crippen molar-refractivity contribution < 1.29 is 4.79 Å². The van der Waals surface area contributed by atoms with E-state index in [9.17, 15) is 4.79 Å². The van der Waals surface area contributed by atoms with E-state index in [-0.39, 0.29) is 5.91 Å². The van der Waals surface area contributed by atoms with Gasteiger partial charge in [-0.25, -0.2) is 9.50 Å². The van der Waals surface area contributed by atoms with Crippen molar-refractivity contribution in [2.24, 2.45) is 5.92 Å². The lowest BCUT2D eigenvalue weighted by molar-refractivity contribution is -0.130. The quantitative estimate of drug-likeness (QED) is 0.846. The molecule has 1 amide bonds. The first kappa shape index (κ1) is 16.9. The fraction of sp³-hybridized carbons (Fsp3) is 0.667. The molecule has 2 aromatic heterocycles. The molecule has 0 spiro atoms. The Kier molecular flexibility index (Phi) is 5.11. The predicted octanol–water partition coefficient (Wildman–Crippen LogP) is 2.71. The molecular weight excluding hydrogens is 302 g/mol. The van der Waals surface area contributed by atoms with Gasteiger partial charge in [0.2, 0.25) is 5.91 Å². The molecule has 24 heavy (non-hydrogen) atoms. The summed E-state index contributed by atoms with van der Waals surface area (Å²) in [5, 5.41) is 4.21. The van der Waals surface area contributed by atoms with Crippen LogP contribution < -0.4 is 0 Å². The molecule has 0 bridgehead atoms. The Balaban J connectivity index is 1.61. The Bertz CT molecular complexity index is 718. The Hall–Kier alpha value is -1.98. The van der Waals surface area contributed by atoms with Crippen molar-refractivity contribution in [1.29, 1.82) is 0 Å². The second-order valence-corrected chi connectivity index (χ2v) is 7.01. The number of carbonyl (C=O) groups excluding carboxylic acids is 1. The Labute approximate surface area is 143 Å². The molecule has 0 aromatic carbocycles. The number of nitrogens with zero attached hydrogens (tertiary/aromatic N) is 5. The van der Waals surface area contributed by atoms with Crippen LogP contribution in [0.5, 0.6) is 0 Å². The molecule has 6 heteroatoms. The van der Waals surface area contributed by atoms with E-state index in [1.54, 1.807) is 4.52 Å². The molecule has 130 valence electrons. The number of fused-ring (bicyclic) bond motifs is 1. The first-order valence-corrected chi connectivity index (χ1v) is 8.96. The maximum atomic E-state index is 12.5. The van der Waals surface area contributed by atoms with Gasteiger partial charge in [0.15, 0.2) is 0 Å². The molecule has 0 saturated heterocycles. The first-order chi connectivity index (χ1) is 11.6. The Morgan fingerprint density at radius 3 is 2.79 bits per heavy atom. The molecule has 2 heterocycles. The molecule has 0 N–H and O–H groups in total. The van der Waals surface area contributed by atoms with Crippen LogP contribution in [-0.4, -0.2) is 44.0 Å². The van der Waals surface area contributed by atoms with Gasteiger partial charge in [-0.15, -0.1) is 0 Å². The van der Waals surface area contributed by atoms with Crippen molar-refractivity contribution in [2.75, 3.05) is 13.6 Å². The van der Waals surface area contributed by atoms with Crippen LogP contribution in [0, 0.1) is 19.8 Å². The van der Waals surface area contributed by atoms with E-state index < -0.39 is 0 Å². The molecule has 1 aliphatic rings. The van der Waals surface area contributed by atoms with Crippen LogP contribution in [0.4, 0.5) is 0 Å². The minimum absolute atomic E-state index is 0.220. The third-order valence-electron chi connectivity index (χ3n) is 5.26. The number of aromatic nitrogens is 4. The van der Waals surface area contributed by atoms with Crippen molar-refractivity contribution >= 4 is 11.7 Å². The number of aryl methyl sites for hydroxylation is 2. The molecule has 1 fully saturated rings. The maximum Gasteiger partial charge on any atom is 0.252 e. The average Bonchev–Trinajstić information content (AvgIpc) is 3.03. The summed E-state index contributed by atoms with van der Waals surface area (Å²) in [4.78, 5) is 23.0. The van der Waals surface area contributed by atoms with Crippen molar-refractivity contribution in [3.8, 4) is 0 Å². The lowest BCUT2D eigenvalue weighted by atomic mass is 9.89. The molecule has 0 unspecified atom stereocenters. The van der Waals surface area contributed by atoms with Crippen molar-refractivity contribution in [2.45, 2.75) is 58.8 Å². The molecule has 0 aliphatic heterocycles. The summed E-state index contributed by atoms with van der Waals surface area (Å²) in [5.74, 6) is 1.52. The van der Waals surface area contributed by atoms with Gasteiger partial charge in [-0.3, -0.25) is 4.79 Å². The summed E-state index contributed by atoms with van der Waals surface area (Å²) in [6, 6.07) is 0. The number of carbonyl (C=O) groups is 1. The predicted molar refractivity (Wildman–Crippen MR) is 92.8 cm³/mol. The zero-order valence-electron chi connectivity index (χ0n) is 15.0. The number of hydrogen-bond acceptors (Lipinski definition) is 4. The van der Waals surface area contributed by atoms with E-state index in [1.165, 1.54) is 38.4 Å². The van der Waals surface area contributed by atoms with Gasteiger partial charge in [-0.05, 0) is 44.6 Å². The van der Waals surface area contributed by atoms with E-state index in [1.807, 2.05) is 25.8 Å². The van der Waals surface area contributed by atoms with Gasteiger partial charge in [-0.1, -0.05) is 19.3 Å². The Morgan fingerprint density at radius 2 is 2.04 bits per heavy atom. The van der Waals surface area contributed by atoms with Crippen LogP contribution in [0.2, 0.25) is 0 Å². The lowest BCUT2D eigenvalue weighted by Gasteiger charge is -2.27. The minimum Gasteiger partial charge on any atom is -0.345 e. The third-order valence-corrected chi connectivity index (χ3v) is 5.26. The van der Waals surface area contributed by atoms with Gasteiger partial charge < -0.3 is 4.90 Å². The highest BCUT2D eigenvalue weighted by atomic mass is 16.2. The number of amides is 1. The summed E-state index contributed by atoms with van der Waals surface area (Å²) in [5.41, 5.74) is 3.07. The topological polar surface area (TPSA) is 63.4 Å². The van der Waals surface area contributed by atoms with Crippen molar-refractivity contribution in [3.63, 3.8) is 0 Å². The zero-order valence-corrected chi connectivity index (χ0v) is 15.0. The van der Waals surface area contributed by atoms with Gasteiger partial charge >= 0.3 is 0 Å². The summed E-state index contributed by atoms with van der Waals surface area (Å²) in [6.45, 7) is 4.90. The minimum atomic E-state index is 0.220. The standard InChI is InChI=1S/C18H27N5O/c1-13-16(14(2)23-18(21-13)19-12-20-23)9-10-17(24)22(3)11-15-7-5-4-6-8-15/h12,15H,4-11H2,1-3H3. The molecule has 1 saturated carbocycles. The van der Waals surface area contributed by atoms with Crippen molar-refractivity contribution in [3.05, 3.63) is 23.3 Å². The summed E-state index contributed by atoms with van der Waals surface area (Å²) in [7, 11) is 1.94. The van der Waals surface area contributed by atoms with E-state index in [0.717, 1.165) is 23.5 Å². The zero-order chi connectivity index (χ0) is 17.1. The summed E-state index contributed by atoms with van der Waals surface area (Å²) >= 11 is 0. The Morgan fingerprint density at radius 1 is 1.29 bits per heavy atom. The maximum absolute atomic E-state index is 12.5. The highest BCUT2D eigenvalue weighted by molar-refractivity contribution is 5.76. The second-order valence-electron chi connectivity index (χ2n) is 7.01. The molecule has 6 nitrogen and oxygen atoms in total. The normalized spacial score (nSPS) is 15.8. The average molecular weight is 329 g/mol. The van der Waals surface area contributed by atoms with E-state index in [4.69, 9.17) is 0 Å². The van der Waals surface area contributed by atoms with Gasteiger partial charge in [0.1, 0.15) is 6.33 Å². The van der Waals surface area contributed by atoms with Crippen LogP contribution in [0.15, 0.2) is 6.33 Å². The SMILES string of the molecule is Cc1nc2ncnn2c(C)c1CCC(=O)N(C)CC1CCCCC1. The van der Waals surface area contributed by atoms with E-state index in [2.05, 4.69) is 15.1 Å². The smallest absolute Gasteiger partial charge is 0.252 e. The van der Waals surface area contributed by atoms with Crippen LogP contribution in [0.3, 0.4) is 0 Å². The fourth-order valence-electron chi connectivity index (χ4n) is 3.80. The summed E-state index contributed by atoms with van der Waals surface area (Å²) < 4.78 is 1.75. The number of hydrogen-bond donors (Lipinski definition) is 0. The van der Waals surface area contributed by atoms with Crippen LogP contribution >= 0.6 is 0 Å². The fourth-order valence-corrected chi connectivity index (χ4v) is 3.80. The second kappa shape index (κ2) is 7.28. The number of rotatable bonds is 5. The molecule has 0 radical (unpaired) electrons. The van der Waals surface area contributed by atoms with Crippen molar-refractivity contribution in [1.82, 2.24) is 24.5 Å². The highest BCUT2D eigenvalue weighted by Gasteiger charge is 2.19. The lowest BCUT2D eigenvalue weighted by Crippen LogP contribution is -2.32. The van der Waals surface area contributed by atoms with Crippen LogP contribution in [-0.2, 0) is 11.2 Å². The van der Waals surface area contributed by atoms with E-state index >= 15 is 0 Å². The largest absolute Gasteiger partial charge is 0.345 e. The van der Waals surface area contributed by atoms with Gasteiger partial charge in [-0.2, -0.15) is 10.1 Å². The van der Waals surface area contributed by atoms with Gasteiger partial charge in [0.05, 0.1) is 0 Å². The molecular formula is C18H27N5O. The monoisotopic (exact) mass is 329 g/mol. The molecule has 3 rings (SSSR count). The third kappa shape index (κ3) is 3.57.